The lowest BCUT2D eigenvalue weighted by Crippen LogP contribution is -2.34. The Morgan fingerprint density at radius 1 is 0.818 bits per heavy atom. The number of imide groups is 1. The Bertz CT molecular complexity index is 1220. The molecule has 0 aliphatic carbocycles. The number of benzene rings is 3. The summed E-state index contributed by atoms with van der Waals surface area (Å²) in [5.74, 6) is -1.00. The summed E-state index contributed by atoms with van der Waals surface area (Å²) >= 11 is 0. The van der Waals surface area contributed by atoms with E-state index in [9.17, 15) is 14.0 Å². The predicted molar refractivity (Wildman–Crippen MR) is 127 cm³/mol. The number of nitrogens with zero attached hydrogens (tertiary/aromatic N) is 2. The zero-order chi connectivity index (χ0) is 23.5. The number of likely N-dealkylation sites (N-methyl/N-ethyl adjacent to an activating group) is 1. The van der Waals surface area contributed by atoms with Gasteiger partial charge in [0.15, 0.2) is 0 Å². The van der Waals surface area contributed by atoms with Crippen LogP contribution in [0.4, 0.5) is 4.39 Å². The van der Waals surface area contributed by atoms with E-state index in [0.29, 0.717) is 29.9 Å². The predicted octanol–water partition coefficient (Wildman–Crippen LogP) is 5.24. The Kier molecular flexibility index (Phi) is 6.40. The number of aryl methyl sites for hydroxylation is 2. The van der Waals surface area contributed by atoms with Gasteiger partial charge in [0, 0.05) is 13.1 Å². The van der Waals surface area contributed by atoms with Crippen LogP contribution in [0.1, 0.15) is 34.7 Å². The molecular weight excluding hydrogens is 415 g/mol. The van der Waals surface area contributed by atoms with Crippen LogP contribution in [0.5, 0.6) is 0 Å². The maximum atomic E-state index is 13.6. The van der Waals surface area contributed by atoms with Crippen LogP contribution in [0, 0.1) is 19.7 Å². The number of hydrogen-bond donors (Lipinski definition) is 0. The number of amides is 2. The quantitative estimate of drug-likeness (QED) is 0.470. The van der Waals surface area contributed by atoms with E-state index >= 15 is 0 Å². The molecule has 0 fully saturated rings. The normalized spacial score (nSPS) is 13.8. The van der Waals surface area contributed by atoms with Gasteiger partial charge in [-0.2, -0.15) is 0 Å². The molecule has 3 aromatic rings. The molecule has 0 saturated heterocycles. The van der Waals surface area contributed by atoms with Crippen LogP contribution in [0.3, 0.4) is 0 Å². The van der Waals surface area contributed by atoms with Gasteiger partial charge in [-0.05, 0) is 60.7 Å². The molecule has 0 spiro atoms. The number of rotatable bonds is 7. The molecule has 168 valence electrons. The summed E-state index contributed by atoms with van der Waals surface area (Å²) in [4.78, 5) is 30.5. The Labute approximate surface area is 194 Å². The van der Waals surface area contributed by atoms with Crippen LogP contribution in [-0.4, -0.2) is 28.2 Å². The fraction of sp³-hybridized carbons (Fsp3) is 0.214. The molecule has 4 nitrogen and oxygen atoms in total. The van der Waals surface area contributed by atoms with E-state index in [2.05, 4.69) is 0 Å². The molecule has 1 heterocycles. The van der Waals surface area contributed by atoms with E-state index in [-0.39, 0.29) is 24.2 Å². The number of halogens is 1. The zero-order valence-corrected chi connectivity index (χ0v) is 19.1. The van der Waals surface area contributed by atoms with E-state index < -0.39 is 0 Å². The minimum Gasteiger partial charge on any atom is -0.362 e. The largest absolute Gasteiger partial charge is 0.362 e. The minimum absolute atomic E-state index is 0.0959. The van der Waals surface area contributed by atoms with Gasteiger partial charge in [-0.25, -0.2) is 4.39 Å². The first-order valence-corrected chi connectivity index (χ1v) is 11.1. The lowest BCUT2D eigenvalue weighted by Gasteiger charge is -2.25. The van der Waals surface area contributed by atoms with Crippen LogP contribution in [0.15, 0.2) is 78.5 Å². The van der Waals surface area contributed by atoms with E-state index in [0.717, 1.165) is 22.3 Å². The van der Waals surface area contributed by atoms with E-state index in [1.807, 2.05) is 74.2 Å². The van der Waals surface area contributed by atoms with Crippen LogP contribution < -0.4 is 0 Å². The van der Waals surface area contributed by atoms with Crippen molar-refractivity contribution < 1.29 is 14.0 Å². The molecule has 5 heteroatoms. The van der Waals surface area contributed by atoms with E-state index in [1.54, 1.807) is 12.1 Å². The van der Waals surface area contributed by atoms with Gasteiger partial charge in [0.1, 0.15) is 11.5 Å². The fourth-order valence-corrected chi connectivity index (χ4v) is 4.08. The smallest absolute Gasteiger partial charge is 0.278 e. The van der Waals surface area contributed by atoms with Crippen LogP contribution in [0.25, 0.3) is 5.57 Å². The highest BCUT2D eigenvalue weighted by Crippen LogP contribution is 2.34. The number of hydrogen-bond acceptors (Lipinski definition) is 3. The second-order valence-electron chi connectivity index (χ2n) is 8.35. The Morgan fingerprint density at radius 2 is 1.52 bits per heavy atom. The second kappa shape index (κ2) is 9.41. The maximum absolute atomic E-state index is 13.6. The first kappa shape index (κ1) is 22.5. The van der Waals surface area contributed by atoms with E-state index in [1.165, 1.54) is 17.0 Å². The molecule has 0 unspecified atom stereocenters. The molecule has 3 aromatic carbocycles. The topological polar surface area (TPSA) is 40.6 Å². The monoisotopic (exact) mass is 442 g/mol. The first-order chi connectivity index (χ1) is 15.9. The summed E-state index contributed by atoms with van der Waals surface area (Å²) in [7, 11) is 0. The van der Waals surface area contributed by atoms with Crippen molar-refractivity contribution in [3.05, 3.63) is 112 Å². The van der Waals surface area contributed by atoms with Gasteiger partial charge in [-0.3, -0.25) is 14.5 Å². The number of carbonyl (C=O) groups is 2. The summed E-state index contributed by atoms with van der Waals surface area (Å²) in [6, 6.07) is 21.6. The molecule has 0 aromatic heterocycles. The van der Waals surface area contributed by atoms with E-state index in [4.69, 9.17) is 0 Å². The van der Waals surface area contributed by atoms with Crippen molar-refractivity contribution in [2.24, 2.45) is 0 Å². The SMILES string of the molecule is CCN(Cc1ccccc1)C1=C(c2ccc(C)c(C)c2)C(=O)N(Cc2ccc(F)cc2)C1=O. The van der Waals surface area contributed by atoms with Crippen LogP contribution in [-0.2, 0) is 22.7 Å². The number of carbonyl (C=O) groups excluding carboxylic acids is 2. The van der Waals surface area contributed by atoms with Crippen molar-refractivity contribution in [3.8, 4) is 0 Å². The minimum atomic E-state index is -0.354. The van der Waals surface area contributed by atoms with Gasteiger partial charge in [0.25, 0.3) is 11.8 Å². The third-order valence-electron chi connectivity index (χ3n) is 6.11. The lowest BCUT2D eigenvalue weighted by atomic mass is 9.99. The molecule has 2 amide bonds. The van der Waals surface area contributed by atoms with Crippen molar-refractivity contribution in [1.82, 2.24) is 9.80 Å². The van der Waals surface area contributed by atoms with Crippen molar-refractivity contribution in [1.29, 1.82) is 0 Å². The van der Waals surface area contributed by atoms with Gasteiger partial charge in [0.05, 0.1) is 12.1 Å². The third kappa shape index (κ3) is 4.58. The van der Waals surface area contributed by atoms with Gasteiger partial charge < -0.3 is 4.90 Å². The van der Waals surface area contributed by atoms with Gasteiger partial charge in [0.2, 0.25) is 0 Å². The fourth-order valence-electron chi connectivity index (χ4n) is 4.08. The Balaban J connectivity index is 1.77. The molecule has 33 heavy (non-hydrogen) atoms. The molecule has 1 aliphatic rings. The van der Waals surface area contributed by atoms with Crippen LogP contribution in [0.2, 0.25) is 0 Å². The van der Waals surface area contributed by atoms with Crippen molar-refractivity contribution in [2.45, 2.75) is 33.9 Å². The average Bonchev–Trinajstić information content (AvgIpc) is 3.06. The van der Waals surface area contributed by atoms with Crippen molar-refractivity contribution >= 4 is 17.4 Å². The average molecular weight is 443 g/mol. The highest BCUT2D eigenvalue weighted by Gasteiger charge is 2.41. The highest BCUT2D eigenvalue weighted by molar-refractivity contribution is 6.35. The van der Waals surface area contributed by atoms with Crippen molar-refractivity contribution in [3.63, 3.8) is 0 Å². The van der Waals surface area contributed by atoms with Gasteiger partial charge in [-0.1, -0.05) is 60.7 Å². The highest BCUT2D eigenvalue weighted by atomic mass is 19.1. The lowest BCUT2D eigenvalue weighted by molar-refractivity contribution is -0.138. The second-order valence-corrected chi connectivity index (χ2v) is 8.35. The maximum Gasteiger partial charge on any atom is 0.278 e. The van der Waals surface area contributed by atoms with Crippen LogP contribution >= 0.6 is 0 Å². The zero-order valence-electron chi connectivity index (χ0n) is 19.1. The Morgan fingerprint density at radius 3 is 2.15 bits per heavy atom. The molecular formula is C28H27FN2O2. The standard InChI is InChI=1S/C28H27FN2O2/c1-4-30(17-21-8-6-5-7-9-21)26-25(23-13-10-19(2)20(3)16-23)27(32)31(28(26)33)18-22-11-14-24(29)15-12-22/h5-16H,4,17-18H2,1-3H3. The molecule has 4 rings (SSSR count). The van der Waals surface area contributed by atoms with Gasteiger partial charge >= 0.3 is 0 Å². The van der Waals surface area contributed by atoms with Gasteiger partial charge in [-0.15, -0.1) is 0 Å². The Hall–Kier alpha value is -3.73. The molecule has 0 radical (unpaired) electrons. The molecule has 0 saturated carbocycles. The summed E-state index contributed by atoms with van der Waals surface area (Å²) in [6.07, 6.45) is 0. The summed E-state index contributed by atoms with van der Waals surface area (Å²) in [6.45, 7) is 7.18. The molecule has 0 N–H and O–H groups in total. The summed E-state index contributed by atoms with van der Waals surface area (Å²) < 4.78 is 13.4. The summed E-state index contributed by atoms with van der Waals surface area (Å²) in [5.41, 5.74) is 5.51. The van der Waals surface area contributed by atoms with Crippen molar-refractivity contribution in [2.75, 3.05) is 6.54 Å². The third-order valence-corrected chi connectivity index (χ3v) is 6.11. The first-order valence-electron chi connectivity index (χ1n) is 11.1. The summed E-state index contributed by atoms with van der Waals surface area (Å²) in [5, 5.41) is 0. The molecule has 0 atom stereocenters. The molecule has 0 bridgehead atoms. The molecule has 1 aliphatic heterocycles.